The SMILES string of the molecule is CC(=O)C1CC(N2CCN(C)CC2)C1. The van der Waals surface area contributed by atoms with Crippen LogP contribution in [0.2, 0.25) is 0 Å². The van der Waals surface area contributed by atoms with Crippen molar-refractivity contribution < 1.29 is 4.79 Å². The van der Waals surface area contributed by atoms with Gasteiger partial charge in [-0.1, -0.05) is 0 Å². The van der Waals surface area contributed by atoms with Crippen molar-refractivity contribution in [2.24, 2.45) is 5.92 Å². The molecule has 0 unspecified atom stereocenters. The van der Waals surface area contributed by atoms with Crippen molar-refractivity contribution in [3.63, 3.8) is 0 Å². The van der Waals surface area contributed by atoms with Gasteiger partial charge >= 0.3 is 0 Å². The second-order valence-corrected chi connectivity index (χ2v) is 4.77. The number of piperazine rings is 1. The third-order valence-corrected chi connectivity index (χ3v) is 3.74. The van der Waals surface area contributed by atoms with E-state index in [-0.39, 0.29) is 0 Å². The summed E-state index contributed by atoms with van der Waals surface area (Å²) >= 11 is 0. The first-order valence-corrected chi connectivity index (χ1v) is 5.60. The highest BCUT2D eigenvalue weighted by molar-refractivity contribution is 5.79. The summed E-state index contributed by atoms with van der Waals surface area (Å²) in [5.41, 5.74) is 0. The molecule has 0 spiro atoms. The summed E-state index contributed by atoms with van der Waals surface area (Å²) in [6, 6.07) is 0.706. The number of Topliss-reactive ketones (excluding diaryl/α,β-unsaturated/α-hetero) is 1. The fourth-order valence-electron chi connectivity index (χ4n) is 2.40. The Hall–Kier alpha value is -0.410. The number of likely N-dealkylation sites (N-methyl/N-ethyl adjacent to an activating group) is 1. The molecule has 0 aromatic carbocycles. The van der Waals surface area contributed by atoms with E-state index < -0.39 is 0 Å². The normalized spacial score (nSPS) is 35.3. The maximum absolute atomic E-state index is 11.1. The molecule has 3 heteroatoms. The fraction of sp³-hybridized carbons (Fsp3) is 0.909. The molecule has 1 aliphatic carbocycles. The average molecular weight is 196 g/mol. The second kappa shape index (κ2) is 3.99. The van der Waals surface area contributed by atoms with E-state index in [0.29, 0.717) is 17.7 Å². The number of hydrogen-bond acceptors (Lipinski definition) is 3. The third-order valence-electron chi connectivity index (χ3n) is 3.74. The number of carbonyl (C=O) groups excluding carboxylic acids is 1. The summed E-state index contributed by atoms with van der Waals surface area (Å²) in [4.78, 5) is 16.0. The molecule has 0 N–H and O–H groups in total. The smallest absolute Gasteiger partial charge is 0.133 e. The first-order chi connectivity index (χ1) is 6.66. The van der Waals surface area contributed by atoms with E-state index in [0.717, 1.165) is 12.8 Å². The van der Waals surface area contributed by atoms with Crippen molar-refractivity contribution in [3.05, 3.63) is 0 Å². The van der Waals surface area contributed by atoms with Gasteiger partial charge in [-0.25, -0.2) is 0 Å². The van der Waals surface area contributed by atoms with Gasteiger partial charge in [0.2, 0.25) is 0 Å². The molecule has 0 atom stereocenters. The largest absolute Gasteiger partial charge is 0.304 e. The molecular weight excluding hydrogens is 176 g/mol. The lowest BCUT2D eigenvalue weighted by Gasteiger charge is -2.45. The number of carbonyl (C=O) groups is 1. The van der Waals surface area contributed by atoms with E-state index in [2.05, 4.69) is 16.8 Å². The van der Waals surface area contributed by atoms with Gasteiger partial charge in [-0.2, -0.15) is 0 Å². The van der Waals surface area contributed by atoms with Gasteiger partial charge in [0.15, 0.2) is 0 Å². The zero-order valence-electron chi connectivity index (χ0n) is 9.20. The van der Waals surface area contributed by atoms with Crippen LogP contribution in [0.5, 0.6) is 0 Å². The molecule has 0 radical (unpaired) electrons. The van der Waals surface area contributed by atoms with E-state index in [1.807, 2.05) is 0 Å². The van der Waals surface area contributed by atoms with E-state index >= 15 is 0 Å². The molecule has 1 aliphatic heterocycles. The van der Waals surface area contributed by atoms with Crippen molar-refractivity contribution >= 4 is 5.78 Å². The van der Waals surface area contributed by atoms with Gasteiger partial charge < -0.3 is 4.90 Å². The maximum atomic E-state index is 11.1. The monoisotopic (exact) mass is 196 g/mol. The van der Waals surface area contributed by atoms with Crippen molar-refractivity contribution in [3.8, 4) is 0 Å². The van der Waals surface area contributed by atoms with Crippen LogP contribution < -0.4 is 0 Å². The molecule has 2 aliphatic rings. The molecule has 2 fully saturated rings. The first-order valence-electron chi connectivity index (χ1n) is 5.60. The maximum Gasteiger partial charge on any atom is 0.133 e. The van der Waals surface area contributed by atoms with Gasteiger partial charge in [0.05, 0.1) is 0 Å². The molecule has 3 nitrogen and oxygen atoms in total. The van der Waals surface area contributed by atoms with Crippen LogP contribution in [0.15, 0.2) is 0 Å². The molecule has 14 heavy (non-hydrogen) atoms. The Morgan fingerprint density at radius 2 is 1.71 bits per heavy atom. The molecule has 0 bridgehead atoms. The lowest BCUT2D eigenvalue weighted by Crippen LogP contribution is -2.54. The minimum absolute atomic E-state index is 0.375. The van der Waals surface area contributed by atoms with Gasteiger partial charge in [-0.15, -0.1) is 0 Å². The average Bonchev–Trinajstić information content (AvgIpc) is 2.05. The van der Waals surface area contributed by atoms with E-state index in [1.54, 1.807) is 6.92 Å². The Morgan fingerprint density at radius 1 is 1.14 bits per heavy atom. The van der Waals surface area contributed by atoms with Crippen LogP contribution >= 0.6 is 0 Å². The predicted molar refractivity (Wildman–Crippen MR) is 56.3 cm³/mol. The Balaban J connectivity index is 1.74. The minimum atomic E-state index is 0.375. The van der Waals surface area contributed by atoms with Crippen LogP contribution in [0, 0.1) is 5.92 Å². The molecule has 2 rings (SSSR count). The summed E-state index contributed by atoms with van der Waals surface area (Å²) in [5, 5.41) is 0. The summed E-state index contributed by atoms with van der Waals surface area (Å²) in [7, 11) is 2.18. The standard InChI is InChI=1S/C11H20N2O/c1-9(14)10-7-11(8-10)13-5-3-12(2)4-6-13/h10-11H,3-8H2,1-2H3. The molecule has 1 saturated carbocycles. The van der Waals surface area contributed by atoms with Crippen molar-refractivity contribution in [2.45, 2.75) is 25.8 Å². The van der Waals surface area contributed by atoms with Crippen LogP contribution in [0.25, 0.3) is 0 Å². The highest BCUT2D eigenvalue weighted by Gasteiger charge is 2.36. The molecule has 0 amide bonds. The van der Waals surface area contributed by atoms with E-state index in [9.17, 15) is 4.79 Å². The van der Waals surface area contributed by atoms with E-state index in [1.165, 1.54) is 26.2 Å². The molecule has 1 saturated heterocycles. The first kappa shape index (κ1) is 10.1. The van der Waals surface area contributed by atoms with Crippen LogP contribution in [0.4, 0.5) is 0 Å². The molecular formula is C11H20N2O. The van der Waals surface area contributed by atoms with Crippen LogP contribution in [-0.2, 0) is 4.79 Å². The lowest BCUT2D eigenvalue weighted by atomic mass is 9.77. The van der Waals surface area contributed by atoms with Gasteiger partial charge in [0.1, 0.15) is 5.78 Å². The molecule has 0 aromatic rings. The highest BCUT2D eigenvalue weighted by atomic mass is 16.1. The Bertz CT molecular complexity index is 215. The Labute approximate surface area is 86.1 Å². The van der Waals surface area contributed by atoms with Gasteiger partial charge in [-0.3, -0.25) is 9.69 Å². The van der Waals surface area contributed by atoms with Gasteiger partial charge in [0, 0.05) is 38.1 Å². The minimum Gasteiger partial charge on any atom is -0.304 e. The third kappa shape index (κ3) is 1.98. The number of hydrogen-bond donors (Lipinski definition) is 0. The van der Waals surface area contributed by atoms with Crippen LogP contribution in [-0.4, -0.2) is 54.9 Å². The number of nitrogens with zero attached hydrogens (tertiary/aromatic N) is 2. The van der Waals surface area contributed by atoms with Crippen LogP contribution in [0.3, 0.4) is 0 Å². The highest BCUT2D eigenvalue weighted by Crippen LogP contribution is 2.32. The van der Waals surface area contributed by atoms with Crippen LogP contribution in [0.1, 0.15) is 19.8 Å². The van der Waals surface area contributed by atoms with Crippen molar-refractivity contribution in [1.29, 1.82) is 0 Å². The summed E-state index contributed by atoms with van der Waals surface area (Å²) in [6.45, 7) is 6.46. The zero-order valence-corrected chi connectivity index (χ0v) is 9.20. The topological polar surface area (TPSA) is 23.6 Å². The predicted octanol–water partition coefficient (Wildman–Crippen LogP) is 0.601. The molecule has 0 aromatic heterocycles. The van der Waals surface area contributed by atoms with Gasteiger partial charge in [0.25, 0.3) is 0 Å². The van der Waals surface area contributed by atoms with Crippen molar-refractivity contribution in [2.75, 3.05) is 33.2 Å². The Morgan fingerprint density at radius 3 is 2.21 bits per heavy atom. The second-order valence-electron chi connectivity index (χ2n) is 4.77. The zero-order chi connectivity index (χ0) is 10.1. The quantitative estimate of drug-likeness (QED) is 0.646. The number of ketones is 1. The fourth-order valence-corrected chi connectivity index (χ4v) is 2.40. The summed E-state index contributed by atoms with van der Waals surface area (Å²) < 4.78 is 0. The lowest BCUT2D eigenvalue weighted by molar-refractivity contribution is -0.125. The molecule has 80 valence electrons. The summed E-state index contributed by atoms with van der Waals surface area (Å²) in [6.07, 6.45) is 2.22. The number of rotatable bonds is 2. The van der Waals surface area contributed by atoms with Crippen molar-refractivity contribution in [1.82, 2.24) is 9.80 Å². The molecule has 1 heterocycles. The summed E-state index contributed by atoms with van der Waals surface area (Å²) in [5.74, 6) is 0.759. The van der Waals surface area contributed by atoms with Gasteiger partial charge in [-0.05, 0) is 26.8 Å². The Kier molecular flexibility index (Phi) is 2.88. The van der Waals surface area contributed by atoms with E-state index in [4.69, 9.17) is 0 Å².